The molecule has 0 bridgehead atoms. The van der Waals surface area contributed by atoms with E-state index in [4.69, 9.17) is 0 Å². The minimum absolute atomic E-state index is 0.00491. The van der Waals surface area contributed by atoms with Gasteiger partial charge in [-0.25, -0.2) is 12.7 Å². The second kappa shape index (κ2) is 7.84. The summed E-state index contributed by atoms with van der Waals surface area (Å²) < 4.78 is 66.4. The van der Waals surface area contributed by atoms with E-state index in [9.17, 15) is 21.6 Å². The fourth-order valence-electron chi connectivity index (χ4n) is 3.41. The largest absolute Gasteiger partial charge is 0.453 e. The third-order valence-corrected chi connectivity index (χ3v) is 6.76. The number of fused-ring (bicyclic) bond motifs is 1. The van der Waals surface area contributed by atoms with Crippen LogP contribution in [-0.4, -0.2) is 51.7 Å². The maximum Gasteiger partial charge on any atom is 0.453 e. The lowest BCUT2D eigenvalue weighted by molar-refractivity contribution is -0.146. The molecule has 3 aromatic rings. The molecule has 1 N–H and O–H groups in total. The number of sulfonamides is 1. The van der Waals surface area contributed by atoms with Crippen molar-refractivity contribution >= 4 is 21.5 Å². The molecule has 0 unspecified atom stereocenters. The summed E-state index contributed by atoms with van der Waals surface area (Å²) in [6.07, 6.45) is -3.63. The van der Waals surface area contributed by atoms with Crippen molar-refractivity contribution in [2.24, 2.45) is 0 Å². The monoisotopic (exact) mass is 440 g/mol. The van der Waals surface area contributed by atoms with Gasteiger partial charge in [0.15, 0.2) is 5.65 Å². The van der Waals surface area contributed by atoms with Gasteiger partial charge in [0.2, 0.25) is 10.0 Å². The van der Waals surface area contributed by atoms with E-state index in [1.807, 2.05) is 6.07 Å². The Morgan fingerprint density at radius 3 is 2.40 bits per heavy atom. The molecular weight excluding hydrogens is 421 g/mol. The van der Waals surface area contributed by atoms with Gasteiger partial charge in [-0.15, -0.1) is 15.3 Å². The Balaban J connectivity index is 1.40. The molecule has 160 valence electrons. The summed E-state index contributed by atoms with van der Waals surface area (Å²) in [5.74, 6) is -1.00. The molecule has 0 saturated carbocycles. The number of hydrogen-bond acceptors (Lipinski definition) is 6. The van der Waals surface area contributed by atoms with Gasteiger partial charge in [-0.3, -0.25) is 0 Å². The van der Waals surface area contributed by atoms with E-state index >= 15 is 0 Å². The number of aromatic nitrogens is 4. The van der Waals surface area contributed by atoms with E-state index in [1.165, 1.54) is 16.4 Å². The summed E-state index contributed by atoms with van der Waals surface area (Å²) in [5.41, 5.74) is 0.722. The number of anilines is 1. The van der Waals surface area contributed by atoms with Crippen LogP contribution in [0.3, 0.4) is 0 Å². The van der Waals surface area contributed by atoms with Gasteiger partial charge in [0.25, 0.3) is 5.82 Å². The second-order valence-corrected chi connectivity index (χ2v) is 9.04. The molecule has 0 atom stereocenters. The Kier molecular flexibility index (Phi) is 5.36. The molecule has 1 fully saturated rings. The van der Waals surface area contributed by atoms with Crippen molar-refractivity contribution in [1.82, 2.24) is 24.1 Å². The van der Waals surface area contributed by atoms with Gasteiger partial charge in [0.1, 0.15) is 5.82 Å². The molecule has 1 saturated heterocycles. The molecule has 0 aliphatic carbocycles. The van der Waals surface area contributed by atoms with Crippen LogP contribution < -0.4 is 5.32 Å². The van der Waals surface area contributed by atoms with Gasteiger partial charge in [-0.2, -0.15) is 17.7 Å². The van der Waals surface area contributed by atoms with Crippen LogP contribution in [0.15, 0.2) is 42.5 Å². The summed E-state index contributed by atoms with van der Waals surface area (Å²) >= 11 is 0. The highest BCUT2D eigenvalue weighted by Gasteiger charge is 2.37. The molecule has 30 heavy (non-hydrogen) atoms. The average molecular weight is 440 g/mol. The number of halogens is 3. The minimum atomic E-state index is -4.66. The van der Waals surface area contributed by atoms with Crippen molar-refractivity contribution in [3.05, 3.63) is 53.9 Å². The third-order valence-electron chi connectivity index (χ3n) is 4.91. The zero-order valence-corrected chi connectivity index (χ0v) is 16.6. The van der Waals surface area contributed by atoms with Crippen LogP contribution >= 0.6 is 0 Å². The molecule has 2 aromatic heterocycles. The van der Waals surface area contributed by atoms with Gasteiger partial charge < -0.3 is 5.32 Å². The first-order valence-electron chi connectivity index (χ1n) is 9.30. The van der Waals surface area contributed by atoms with Gasteiger partial charge in [0.05, 0.1) is 5.75 Å². The number of benzene rings is 1. The molecule has 1 aliphatic heterocycles. The highest BCUT2D eigenvalue weighted by Crippen LogP contribution is 2.28. The molecule has 1 aromatic carbocycles. The SMILES string of the molecule is O=S(=O)(Cc1ccccc1)N1CCC(Nc2ccc3nnc(C(F)(F)F)n3n2)CC1. The minimum Gasteiger partial charge on any atom is -0.366 e. The summed E-state index contributed by atoms with van der Waals surface area (Å²) in [6.45, 7) is 0.658. The van der Waals surface area contributed by atoms with E-state index in [1.54, 1.807) is 24.3 Å². The summed E-state index contributed by atoms with van der Waals surface area (Å²) in [7, 11) is -3.43. The van der Waals surface area contributed by atoms with Crippen molar-refractivity contribution in [2.45, 2.75) is 30.8 Å². The number of rotatable bonds is 5. The highest BCUT2D eigenvalue weighted by atomic mass is 32.2. The van der Waals surface area contributed by atoms with Crippen LogP contribution in [0.2, 0.25) is 0 Å². The van der Waals surface area contributed by atoms with Crippen molar-refractivity contribution in [2.75, 3.05) is 18.4 Å². The first-order valence-corrected chi connectivity index (χ1v) is 10.9. The van der Waals surface area contributed by atoms with E-state index in [2.05, 4.69) is 20.6 Å². The zero-order chi connectivity index (χ0) is 21.4. The topological polar surface area (TPSA) is 92.5 Å². The van der Waals surface area contributed by atoms with E-state index in [0.717, 1.165) is 5.56 Å². The molecule has 0 radical (unpaired) electrons. The van der Waals surface area contributed by atoms with Crippen molar-refractivity contribution in [3.63, 3.8) is 0 Å². The van der Waals surface area contributed by atoms with Gasteiger partial charge >= 0.3 is 6.18 Å². The summed E-state index contributed by atoms with van der Waals surface area (Å²) in [4.78, 5) is 0. The lowest BCUT2D eigenvalue weighted by Gasteiger charge is -2.31. The highest BCUT2D eigenvalue weighted by molar-refractivity contribution is 7.88. The van der Waals surface area contributed by atoms with E-state index < -0.39 is 22.0 Å². The Hall–Kier alpha value is -2.73. The number of nitrogens with zero attached hydrogens (tertiary/aromatic N) is 5. The lowest BCUT2D eigenvalue weighted by atomic mass is 10.1. The zero-order valence-electron chi connectivity index (χ0n) is 15.7. The second-order valence-electron chi connectivity index (χ2n) is 7.07. The molecule has 0 amide bonds. The van der Waals surface area contributed by atoms with Crippen LogP contribution in [-0.2, 0) is 22.0 Å². The van der Waals surface area contributed by atoms with Crippen LogP contribution in [0.25, 0.3) is 5.65 Å². The maximum atomic E-state index is 13.0. The number of piperidine rings is 1. The first-order chi connectivity index (χ1) is 14.2. The van der Waals surface area contributed by atoms with Gasteiger partial charge in [-0.1, -0.05) is 30.3 Å². The molecule has 0 spiro atoms. The average Bonchev–Trinajstić information content (AvgIpc) is 3.12. The first kappa shape index (κ1) is 20.5. The quantitative estimate of drug-likeness (QED) is 0.656. The lowest BCUT2D eigenvalue weighted by Crippen LogP contribution is -2.42. The van der Waals surface area contributed by atoms with Crippen molar-refractivity contribution < 1.29 is 21.6 Å². The Morgan fingerprint density at radius 1 is 1.03 bits per heavy atom. The van der Waals surface area contributed by atoms with Crippen molar-refractivity contribution in [1.29, 1.82) is 0 Å². The predicted octanol–water partition coefficient (Wildman–Crippen LogP) is 2.55. The van der Waals surface area contributed by atoms with Gasteiger partial charge in [0, 0.05) is 19.1 Å². The third kappa shape index (κ3) is 4.38. The summed E-state index contributed by atoms with van der Waals surface area (Å²) in [6, 6.07) is 11.8. The molecule has 3 heterocycles. The van der Waals surface area contributed by atoms with Crippen LogP contribution in [0.4, 0.5) is 19.0 Å². The summed E-state index contributed by atoms with van der Waals surface area (Å²) in [5, 5.41) is 13.7. The van der Waals surface area contributed by atoms with Crippen molar-refractivity contribution in [3.8, 4) is 0 Å². The molecular formula is C18H19F3N6O2S. The van der Waals surface area contributed by atoms with E-state index in [0.29, 0.717) is 30.4 Å². The Morgan fingerprint density at radius 2 is 1.73 bits per heavy atom. The van der Waals surface area contributed by atoms with Crippen LogP contribution in [0, 0.1) is 0 Å². The normalized spacial score (nSPS) is 16.8. The predicted molar refractivity (Wildman–Crippen MR) is 103 cm³/mol. The smallest absolute Gasteiger partial charge is 0.366 e. The molecule has 4 rings (SSSR count). The number of nitrogens with one attached hydrogen (secondary N) is 1. The Bertz CT molecular complexity index is 1130. The van der Waals surface area contributed by atoms with Gasteiger partial charge in [-0.05, 0) is 30.5 Å². The standard InChI is InChI=1S/C18H19F3N6O2S/c19-18(20,21)17-24-23-16-7-6-15(25-27(16)17)22-14-8-10-26(11-9-14)30(28,29)12-13-4-2-1-3-5-13/h1-7,14H,8-12H2,(H,22,25). The number of hydrogen-bond donors (Lipinski definition) is 1. The maximum absolute atomic E-state index is 13.0. The molecule has 8 nitrogen and oxygen atoms in total. The number of alkyl halides is 3. The van der Waals surface area contributed by atoms with E-state index in [-0.39, 0.29) is 23.3 Å². The molecule has 12 heteroatoms. The van der Waals surface area contributed by atoms with Crippen LogP contribution in [0.5, 0.6) is 0 Å². The van der Waals surface area contributed by atoms with Crippen LogP contribution in [0.1, 0.15) is 24.2 Å². The fraction of sp³-hybridized carbons (Fsp3) is 0.389. The molecule has 1 aliphatic rings. The Labute approximate surface area is 170 Å². The fourth-order valence-corrected chi connectivity index (χ4v) is 4.97.